The average molecular weight is 245 g/mol. The minimum Gasteiger partial charge on any atom is -0.257 e. The molecule has 0 atom stereocenters. The van der Waals surface area contributed by atoms with Crippen LogP contribution >= 0.6 is 46.4 Å². The number of pyridine rings is 1. The Bertz CT molecular complexity index is 268. The van der Waals surface area contributed by atoms with E-state index >= 15 is 0 Å². The molecule has 1 rings (SSSR count). The highest BCUT2D eigenvalue weighted by molar-refractivity contribution is 6.66. The molecule has 1 heterocycles. The van der Waals surface area contributed by atoms with Crippen LogP contribution < -0.4 is 0 Å². The van der Waals surface area contributed by atoms with E-state index in [1.54, 1.807) is 18.3 Å². The highest BCUT2D eigenvalue weighted by Crippen LogP contribution is 2.36. The van der Waals surface area contributed by atoms with E-state index < -0.39 is 3.79 Å². The lowest BCUT2D eigenvalue weighted by Gasteiger charge is -2.09. The summed E-state index contributed by atoms with van der Waals surface area (Å²) >= 11 is 22.4. The fraction of sp³-hybridized carbons (Fsp3) is 0.286. The smallest absolute Gasteiger partial charge is 0.232 e. The average Bonchev–Trinajstić information content (AvgIpc) is 2.03. The summed E-state index contributed by atoms with van der Waals surface area (Å²) in [6, 6.07) is 3.44. The van der Waals surface area contributed by atoms with Gasteiger partial charge in [0.05, 0.1) is 5.69 Å². The monoisotopic (exact) mass is 243 g/mol. The van der Waals surface area contributed by atoms with Gasteiger partial charge in [0.2, 0.25) is 3.79 Å². The van der Waals surface area contributed by atoms with Gasteiger partial charge >= 0.3 is 0 Å². The maximum atomic E-state index is 5.61. The van der Waals surface area contributed by atoms with Crippen molar-refractivity contribution < 1.29 is 0 Å². The first-order valence-corrected chi connectivity index (χ1v) is 4.79. The van der Waals surface area contributed by atoms with Crippen molar-refractivity contribution in [1.82, 2.24) is 4.98 Å². The summed E-state index contributed by atoms with van der Waals surface area (Å²) in [4.78, 5) is 3.90. The molecule has 0 aliphatic rings. The second-order valence-corrected chi connectivity index (χ2v) is 4.73. The van der Waals surface area contributed by atoms with Crippen LogP contribution in [0.3, 0.4) is 0 Å². The Balaban J connectivity index is 3.02. The lowest BCUT2D eigenvalue weighted by molar-refractivity contribution is 1.07. The molecule has 1 aromatic rings. The fourth-order valence-corrected chi connectivity index (χ4v) is 1.19. The van der Waals surface area contributed by atoms with E-state index in [4.69, 9.17) is 46.4 Å². The SMILES string of the molecule is ClCc1ccnc(C(Cl)(Cl)Cl)c1. The molecule has 0 unspecified atom stereocenters. The molecule has 0 radical (unpaired) electrons. The molecule has 0 bridgehead atoms. The number of hydrogen-bond donors (Lipinski definition) is 0. The van der Waals surface area contributed by atoms with Gasteiger partial charge in [0.25, 0.3) is 0 Å². The maximum absolute atomic E-state index is 5.61. The Hall–Kier alpha value is 0.310. The molecule has 0 spiro atoms. The van der Waals surface area contributed by atoms with Crippen molar-refractivity contribution in [3.05, 3.63) is 29.6 Å². The predicted octanol–water partition coefficient (Wildman–Crippen LogP) is 3.65. The molecule has 0 aromatic carbocycles. The van der Waals surface area contributed by atoms with E-state index in [0.717, 1.165) is 5.56 Å². The summed E-state index contributed by atoms with van der Waals surface area (Å²) in [6.45, 7) is 0. The first-order valence-electron chi connectivity index (χ1n) is 3.12. The highest BCUT2D eigenvalue weighted by Gasteiger charge is 2.24. The molecule has 0 amide bonds. The number of aromatic nitrogens is 1. The van der Waals surface area contributed by atoms with Gasteiger partial charge < -0.3 is 0 Å². The molecular formula is C7H5Cl4N. The van der Waals surface area contributed by atoms with Gasteiger partial charge in [-0.25, -0.2) is 0 Å². The van der Waals surface area contributed by atoms with Crippen molar-refractivity contribution in [3.63, 3.8) is 0 Å². The van der Waals surface area contributed by atoms with Crippen molar-refractivity contribution in [2.75, 3.05) is 0 Å². The standard InChI is InChI=1S/C7H5Cl4N/c8-4-5-1-2-12-6(3-5)7(9,10)11/h1-3H,4H2. The van der Waals surface area contributed by atoms with Crippen LogP contribution in [0.2, 0.25) is 0 Å². The van der Waals surface area contributed by atoms with Crippen molar-refractivity contribution >= 4 is 46.4 Å². The van der Waals surface area contributed by atoms with Crippen LogP contribution in [0.25, 0.3) is 0 Å². The third-order valence-electron chi connectivity index (χ3n) is 1.27. The van der Waals surface area contributed by atoms with E-state index in [1.807, 2.05) is 0 Å². The molecule has 66 valence electrons. The molecule has 0 N–H and O–H groups in total. The topological polar surface area (TPSA) is 12.9 Å². The second-order valence-electron chi connectivity index (χ2n) is 2.18. The van der Waals surface area contributed by atoms with Gasteiger partial charge in [-0.15, -0.1) is 11.6 Å². The molecule has 1 nitrogen and oxygen atoms in total. The molecule has 5 heteroatoms. The van der Waals surface area contributed by atoms with Crippen molar-refractivity contribution in [1.29, 1.82) is 0 Å². The zero-order valence-corrected chi connectivity index (χ0v) is 8.92. The van der Waals surface area contributed by atoms with Crippen LogP contribution in [0, 0.1) is 0 Å². The largest absolute Gasteiger partial charge is 0.257 e. The van der Waals surface area contributed by atoms with Crippen LogP contribution in [0.5, 0.6) is 0 Å². The van der Waals surface area contributed by atoms with Crippen LogP contribution in [0.1, 0.15) is 11.3 Å². The highest BCUT2D eigenvalue weighted by atomic mass is 35.6. The van der Waals surface area contributed by atoms with Crippen LogP contribution in [0.15, 0.2) is 18.3 Å². The number of nitrogens with zero attached hydrogens (tertiary/aromatic N) is 1. The van der Waals surface area contributed by atoms with Gasteiger partial charge in [-0.2, -0.15) is 0 Å². The lowest BCUT2D eigenvalue weighted by Crippen LogP contribution is -2.03. The summed E-state index contributed by atoms with van der Waals surface area (Å²) < 4.78 is -1.47. The molecule has 0 saturated heterocycles. The van der Waals surface area contributed by atoms with Crippen molar-refractivity contribution in [3.8, 4) is 0 Å². The van der Waals surface area contributed by atoms with E-state index in [0.29, 0.717) is 11.6 Å². The van der Waals surface area contributed by atoms with Gasteiger partial charge in [-0.1, -0.05) is 34.8 Å². The van der Waals surface area contributed by atoms with Crippen LogP contribution in [0.4, 0.5) is 0 Å². The Labute approximate surface area is 90.6 Å². The van der Waals surface area contributed by atoms with E-state index in [1.165, 1.54) is 0 Å². The molecule has 0 saturated carbocycles. The first kappa shape index (κ1) is 10.4. The van der Waals surface area contributed by atoms with Gasteiger partial charge in [0.1, 0.15) is 0 Å². The van der Waals surface area contributed by atoms with Gasteiger partial charge in [0.15, 0.2) is 0 Å². The number of rotatable bonds is 1. The first-order chi connectivity index (χ1) is 5.54. The Morgan fingerprint density at radius 2 is 2.00 bits per heavy atom. The van der Waals surface area contributed by atoms with Crippen molar-refractivity contribution in [2.45, 2.75) is 9.67 Å². The fourth-order valence-electron chi connectivity index (χ4n) is 0.712. The van der Waals surface area contributed by atoms with Gasteiger partial charge in [0, 0.05) is 12.1 Å². The third kappa shape index (κ3) is 2.67. The zero-order chi connectivity index (χ0) is 9.19. The summed E-state index contributed by atoms with van der Waals surface area (Å²) in [5, 5.41) is 0. The van der Waals surface area contributed by atoms with E-state index in [2.05, 4.69) is 4.98 Å². The third-order valence-corrected chi connectivity index (χ3v) is 2.16. The summed E-state index contributed by atoms with van der Waals surface area (Å²) in [7, 11) is 0. The second kappa shape index (κ2) is 4.01. The normalized spacial score (nSPS) is 11.7. The van der Waals surface area contributed by atoms with Gasteiger partial charge in [-0.3, -0.25) is 4.98 Å². The maximum Gasteiger partial charge on any atom is 0.232 e. The number of halogens is 4. The lowest BCUT2D eigenvalue weighted by atomic mass is 10.2. The van der Waals surface area contributed by atoms with Crippen LogP contribution in [-0.2, 0) is 9.67 Å². The van der Waals surface area contributed by atoms with Crippen molar-refractivity contribution in [2.24, 2.45) is 0 Å². The summed E-state index contributed by atoms with van der Waals surface area (Å²) in [5.41, 5.74) is 1.28. The zero-order valence-electron chi connectivity index (χ0n) is 5.90. The predicted molar refractivity (Wildman–Crippen MR) is 53.0 cm³/mol. The Kier molecular flexibility index (Phi) is 3.47. The molecule has 1 aromatic heterocycles. The minimum atomic E-state index is -1.47. The van der Waals surface area contributed by atoms with E-state index in [-0.39, 0.29) is 0 Å². The van der Waals surface area contributed by atoms with Gasteiger partial charge in [-0.05, 0) is 17.7 Å². The quantitative estimate of drug-likeness (QED) is 0.688. The number of alkyl halides is 4. The Morgan fingerprint density at radius 1 is 1.33 bits per heavy atom. The molecule has 12 heavy (non-hydrogen) atoms. The minimum absolute atomic E-state index is 0.385. The van der Waals surface area contributed by atoms with E-state index in [9.17, 15) is 0 Å². The molecule has 0 fully saturated rings. The number of hydrogen-bond acceptors (Lipinski definition) is 1. The summed E-state index contributed by atoms with van der Waals surface area (Å²) in [6.07, 6.45) is 1.56. The summed E-state index contributed by atoms with van der Waals surface area (Å²) in [5.74, 6) is 0.385. The molecule has 0 aliphatic heterocycles. The molecule has 0 aliphatic carbocycles. The van der Waals surface area contributed by atoms with Crippen LogP contribution in [-0.4, -0.2) is 4.98 Å². The molecular weight excluding hydrogens is 240 g/mol. The Morgan fingerprint density at radius 3 is 2.50 bits per heavy atom.